The van der Waals surface area contributed by atoms with E-state index in [-0.39, 0.29) is 11.0 Å². The Morgan fingerprint density at radius 2 is 2.14 bits per heavy atom. The molecule has 0 aliphatic heterocycles. The molecule has 1 heterocycles. The zero-order chi connectivity index (χ0) is 16.3. The van der Waals surface area contributed by atoms with Gasteiger partial charge < -0.3 is 0 Å². The van der Waals surface area contributed by atoms with Crippen LogP contribution in [-0.2, 0) is 11.2 Å². The lowest BCUT2D eigenvalue weighted by atomic mass is 9.83. The largest absolute Gasteiger partial charge is 0.277 e. The third-order valence-electron chi connectivity index (χ3n) is 3.28. The molecule has 0 N–H and O–H groups in total. The molecule has 0 atom stereocenters. The predicted molar refractivity (Wildman–Crippen MR) is 95.4 cm³/mol. The standard InChI is InChI=1S/C17H19ClN2OS/c1-5-12-9-13(14(10-15(12)18)17(2,3)4)11-22-20-16(21)7-6-8-19-20/h5-10H,1,11H2,2-4H3. The van der Waals surface area contributed by atoms with E-state index < -0.39 is 0 Å². The molecule has 1 aromatic carbocycles. The second kappa shape index (κ2) is 6.71. The number of rotatable bonds is 4. The number of halogens is 1. The predicted octanol–water partition coefficient (Wildman–Crippen LogP) is 4.53. The van der Waals surface area contributed by atoms with E-state index in [2.05, 4.69) is 32.4 Å². The number of nitrogens with zero attached hydrogens (tertiary/aromatic N) is 2. The minimum absolute atomic E-state index is 0.0334. The Morgan fingerprint density at radius 3 is 2.73 bits per heavy atom. The van der Waals surface area contributed by atoms with Crippen LogP contribution in [0.4, 0.5) is 0 Å². The lowest BCUT2D eigenvalue weighted by molar-refractivity contribution is 0.585. The van der Waals surface area contributed by atoms with Crippen molar-refractivity contribution in [2.75, 3.05) is 0 Å². The average Bonchev–Trinajstić information content (AvgIpc) is 2.46. The summed E-state index contributed by atoms with van der Waals surface area (Å²) in [5.74, 6) is 0.640. The van der Waals surface area contributed by atoms with Gasteiger partial charge in [-0.2, -0.15) is 9.19 Å². The Balaban J connectivity index is 2.39. The Bertz CT molecular complexity index is 747. The highest BCUT2D eigenvalue weighted by Crippen LogP contribution is 2.33. The molecule has 5 heteroatoms. The lowest BCUT2D eigenvalue weighted by Crippen LogP contribution is -2.17. The summed E-state index contributed by atoms with van der Waals surface area (Å²) >= 11 is 7.68. The summed E-state index contributed by atoms with van der Waals surface area (Å²) in [5, 5.41) is 4.76. The van der Waals surface area contributed by atoms with Gasteiger partial charge in [0.25, 0.3) is 5.56 Å². The topological polar surface area (TPSA) is 34.9 Å². The minimum Gasteiger partial charge on any atom is -0.267 e. The van der Waals surface area contributed by atoms with Crippen molar-refractivity contribution >= 4 is 29.6 Å². The van der Waals surface area contributed by atoms with E-state index in [1.165, 1.54) is 27.7 Å². The molecule has 0 aliphatic rings. The second-order valence-electron chi connectivity index (χ2n) is 5.99. The Morgan fingerprint density at radius 1 is 1.41 bits per heavy atom. The maximum atomic E-state index is 11.7. The smallest absolute Gasteiger partial charge is 0.267 e. The molecule has 0 aliphatic carbocycles. The molecule has 22 heavy (non-hydrogen) atoms. The van der Waals surface area contributed by atoms with Crippen molar-refractivity contribution in [2.45, 2.75) is 31.9 Å². The molecule has 3 nitrogen and oxygen atoms in total. The summed E-state index contributed by atoms with van der Waals surface area (Å²) in [7, 11) is 0. The monoisotopic (exact) mass is 334 g/mol. The zero-order valence-corrected chi connectivity index (χ0v) is 14.5. The maximum Gasteiger partial charge on any atom is 0.277 e. The first-order valence-corrected chi connectivity index (χ1v) is 8.28. The fourth-order valence-corrected chi connectivity index (χ4v) is 3.23. The molecule has 0 unspecified atom stereocenters. The van der Waals surface area contributed by atoms with Gasteiger partial charge in [-0.25, -0.2) is 0 Å². The van der Waals surface area contributed by atoms with Crippen LogP contribution in [0.5, 0.6) is 0 Å². The maximum absolute atomic E-state index is 11.7. The molecule has 0 fully saturated rings. The van der Waals surface area contributed by atoms with Crippen molar-refractivity contribution < 1.29 is 0 Å². The van der Waals surface area contributed by atoms with Crippen LogP contribution in [-0.4, -0.2) is 9.19 Å². The Labute approximate surface area is 140 Å². The lowest BCUT2D eigenvalue weighted by Gasteiger charge is -2.24. The molecule has 0 saturated carbocycles. The van der Waals surface area contributed by atoms with Crippen molar-refractivity contribution in [1.82, 2.24) is 9.19 Å². The molecule has 2 aromatic rings. The fraction of sp³-hybridized carbons (Fsp3) is 0.294. The van der Waals surface area contributed by atoms with Gasteiger partial charge in [-0.15, -0.1) is 0 Å². The van der Waals surface area contributed by atoms with Crippen molar-refractivity contribution in [3.8, 4) is 0 Å². The molecule has 0 spiro atoms. The van der Waals surface area contributed by atoms with Crippen LogP contribution in [0.2, 0.25) is 5.02 Å². The molecular weight excluding hydrogens is 316 g/mol. The van der Waals surface area contributed by atoms with Gasteiger partial charge in [-0.3, -0.25) is 4.79 Å². The zero-order valence-electron chi connectivity index (χ0n) is 13.0. The summed E-state index contributed by atoms with van der Waals surface area (Å²) in [4.78, 5) is 11.7. The molecule has 116 valence electrons. The first-order valence-electron chi connectivity index (χ1n) is 6.96. The van der Waals surface area contributed by atoms with Gasteiger partial charge in [0.2, 0.25) is 0 Å². The first kappa shape index (κ1) is 16.8. The van der Waals surface area contributed by atoms with Crippen molar-refractivity contribution in [2.24, 2.45) is 0 Å². The average molecular weight is 335 g/mol. The van der Waals surface area contributed by atoms with Crippen LogP contribution in [0.1, 0.15) is 37.5 Å². The van der Waals surface area contributed by atoms with E-state index in [0.717, 1.165) is 11.1 Å². The van der Waals surface area contributed by atoms with Gasteiger partial charge in [0, 0.05) is 23.0 Å². The highest BCUT2D eigenvalue weighted by atomic mass is 35.5. The molecule has 2 rings (SSSR count). The van der Waals surface area contributed by atoms with Crippen LogP contribution in [0.15, 0.2) is 41.8 Å². The molecule has 1 aromatic heterocycles. The van der Waals surface area contributed by atoms with Gasteiger partial charge in [-0.05, 0) is 52.3 Å². The minimum atomic E-state index is -0.122. The van der Waals surface area contributed by atoms with Gasteiger partial charge in [0.1, 0.15) is 0 Å². The van der Waals surface area contributed by atoms with E-state index in [1.807, 2.05) is 12.1 Å². The van der Waals surface area contributed by atoms with Crippen molar-refractivity contribution in [3.05, 3.63) is 69.1 Å². The summed E-state index contributed by atoms with van der Waals surface area (Å²) in [6.45, 7) is 10.2. The third-order valence-corrected chi connectivity index (χ3v) is 4.56. The quantitative estimate of drug-likeness (QED) is 0.823. The van der Waals surface area contributed by atoms with Crippen LogP contribution in [0, 0.1) is 0 Å². The van der Waals surface area contributed by atoms with Gasteiger partial charge in [0.15, 0.2) is 0 Å². The van der Waals surface area contributed by atoms with Crippen LogP contribution in [0.3, 0.4) is 0 Å². The summed E-state index contributed by atoms with van der Waals surface area (Å²) < 4.78 is 1.40. The van der Waals surface area contributed by atoms with Gasteiger partial charge in [-0.1, -0.05) is 45.0 Å². The molecule has 0 radical (unpaired) electrons. The van der Waals surface area contributed by atoms with E-state index in [4.69, 9.17) is 11.6 Å². The van der Waals surface area contributed by atoms with Crippen LogP contribution < -0.4 is 5.56 Å². The number of hydrogen-bond donors (Lipinski definition) is 0. The molecule has 0 saturated heterocycles. The van der Waals surface area contributed by atoms with E-state index >= 15 is 0 Å². The van der Waals surface area contributed by atoms with Crippen molar-refractivity contribution in [1.29, 1.82) is 0 Å². The number of benzene rings is 1. The summed E-state index contributed by atoms with van der Waals surface area (Å²) in [6.07, 6.45) is 3.35. The SMILES string of the molecule is C=Cc1cc(CSn2ncccc2=O)c(C(C)(C)C)cc1Cl. The third kappa shape index (κ3) is 3.81. The van der Waals surface area contributed by atoms with E-state index in [9.17, 15) is 4.79 Å². The highest BCUT2D eigenvalue weighted by Gasteiger charge is 2.20. The van der Waals surface area contributed by atoms with Crippen LogP contribution >= 0.6 is 23.5 Å². The highest BCUT2D eigenvalue weighted by molar-refractivity contribution is 7.96. The molecule has 0 bridgehead atoms. The number of aromatic nitrogens is 2. The normalized spacial score (nSPS) is 11.5. The molecule has 0 amide bonds. The Hall–Kier alpha value is -1.52. The molecular formula is C17H19ClN2OS. The van der Waals surface area contributed by atoms with Crippen LogP contribution in [0.25, 0.3) is 6.08 Å². The number of hydrogen-bond acceptors (Lipinski definition) is 3. The fourth-order valence-electron chi connectivity index (χ4n) is 2.18. The first-order chi connectivity index (χ1) is 10.3. The van der Waals surface area contributed by atoms with Crippen molar-refractivity contribution in [3.63, 3.8) is 0 Å². The second-order valence-corrected chi connectivity index (χ2v) is 7.29. The summed E-state index contributed by atoms with van der Waals surface area (Å²) in [6, 6.07) is 7.17. The summed E-state index contributed by atoms with van der Waals surface area (Å²) in [5.41, 5.74) is 3.05. The Kier molecular flexibility index (Phi) is 5.14. The van der Waals surface area contributed by atoms with Gasteiger partial charge >= 0.3 is 0 Å². The van der Waals surface area contributed by atoms with Gasteiger partial charge in [0.05, 0.1) is 0 Å². The van der Waals surface area contributed by atoms with E-state index in [0.29, 0.717) is 10.8 Å². The van der Waals surface area contributed by atoms with E-state index in [1.54, 1.807) is 18.3 Å².